The lowest BCUT2D eigenvalue weighted by atomic mass is 9.55. The second-order valence-electron chi connectivity index (χ2n) is 7.71. The van der Waals surface area contributed by atoms with Gasteiger partial charge in [0.1, 0.15) is 17.1 Å². The number of hydrogen-bond donors (Lipinski definition) is 2. The van der Waals surface area contributed by atoms with E-state index in [1.165, 1.54) is 0 Å². The summed E-state index contributed by atoms with van der Waals surface area (Å²) < 4.78 is 0. The van der Waals surface area contributed by atoms with Crippen molar-refractivity contribution in [1.82, 2.24) is 0 Å². The van der Waals surface area contributed by atoms with E-state index >= 15 is 0 Å². The summed E-state index contributed by atoms with van der Waals surface area (Å²) in [4.78, 5) is 23.5. The maximum atomic E-state index is 12.3. The van der Waals surface area contributed by atoms with Crippen LogP contribution in [0.15, 0.2) is 12.1 Å². The first-order chi connectivity index (χ1) is 10.9. The van der Waals surface area contributed by atoms with Crippen LogP contribution in [-0.4, -0.2) is 22.0 Å². The number of hydrogen-bond acceptors (Lipinski definition) is 3. The smallest absolute Gasteiger partial charge is 0.339 e. The molecule has 0 saturated heterocycles. The topological polar surface area (TPSA) is 74.6 Å². The number of ketones is 1. The molecule has 4 atom stereocenters. The molecule has 1 aromatic rings. The SMILES string of the molecule is C[C@]12CC[C@@H]3c4cc(O)c(C(=O)O)cc4CC[C@H]3[C@@H]1CCC2=O. The summed E-state index contributed by atoms with van der Waals surface area (Å²) >= 11 is 0. The maximum Gasteiger partial charge on any atom is 0.339 e. The molecule has 122 valence electrons. The van der Waals surface area contributed by atoms with Crippen LogP contribution in [0.25, 0.3) is 0 Å². The molecule has 0 aliphatic heterocycles. The van der Waals surface area contributed by atoms with Crippen molar-refractivity contribution in [3.63, 3.8) is 0 Å². The lowest BCUT2D eigenvalue weighted by molar-refractivity contribution is -0.129. The molecule has 2 saturated carbocycles. The third kappa shape index (κ3) is 1.97. The number of benzene rings is 1. The largest absolute Gasteiger partial charge is 0.507 e. The average Bonchev–Trinajstić information content (AvgIpc) is 2.82. The maximum absolute atomic E-state index is 12.3. The Hall–Kier alpha value is -1.84. The Bertz CT molecular complexity index is 708. The van der Waals surface area contributed by atoms with Crippen molar-refractivity contribution >= 4 is 11.8 Å². The van der Waals surface area contributed by atoms with Crippen LogP contribution in [0.4, 0.5) is 0 Å². The van der Waals surface area contributed by atoms with E-state index in [2.05, 4.69) is 6.92 Å². The average molecular weight is 314 g/mol. The number of carboxylic acids is 1. The Kier molecular flexibility index (Phi) is 3.09. The highest BCUT2D eigenvalue weighted by molar-refractivity contribution is 5.91. The molecule has 2 N–H and O–H groups in total. The van der Waals surface area contributed by atoms with E-state index in [4.69, 9.17) is 0 Å². The molecule has 4 nitrogen and oxygen atoms in total. The minimum atomic E-state index is -1.08. The summed E-state index contributed by atoms with van der Waals surface area (Å²) in [5, 5.41) is 19.3. The molecule has 0 spiro atoms. The zero-order valence-corrected chi connectivity index (χ0v) is 13.3. The summed E-state index contributed by atoms with van der Waals surface area (Å²) in [5.74, 6) is 0.510. The number of phenols is 1. The number of carboxylic acid groups (broad SMARTS) is 1. The Morgan fingerprint density at radius 2 is 2.00 bits per heavy atom. The normalized spacial score (nSPS) is 35.3. The van der Waals surface area contributed by atoms with Gasteiger partial charge >= 0.3 is 5.97 Å². The van der Waals surface area contributed by atoms with Gasteiger partial charge in [0.25, 0.3) is 0 Å². The molecular formula is C19H22O4. The van der Waals surface area contributed by atoms with Crippen LogP contribution < -0.4 is 0 Å². The third-order valence-corrected chi connectivity index (χ3v) is 6.78. The van der Waals surface area contributed by atoms with Gasteiger partial charge in [0.05, 0.1) is 0 Å². The fraction of sp³-hybridized carbons (Fsp3) is 0.579. The lowest BCUT2D eigenvalue weighted by Crippen LogP contribution is -2.42. The predicted octanol–water partition coefficient (Wildman–Crippen LogP) is 3.52. The number of fused-ring (bicyclic) bond motifs is 5. The number of carbonyl (C=O) groups is 2. The van der Waals surface area contributed by atoms with Crippen molar-refractivity contribution in [3.05, 3.63) is 28.8 Å². The van der Waals surface area contributed by atoms with Gasteiger partial charge in [-0.1, -0.05) is 6.92 Å². The molecule has 0 aromatic heterocycles. The molecule has 23 heavy (non-hydrogen) atoms. The van der Waals surface area contributed by atoms with E-state index in [1.54, 1.807) is 12.1 Å². The number of aromatic hydroxyl groups is 1. The van der Waals surface area contributed by atoms with Gasteiger partial charge in [0.2, 0.25) is 0 Å². The molecule has 4 heteroatoms. The summed E-state index contributed by atoms with van der Waals surface area (Å²) in [5.41, 5.74) is 2.03. The quantitative estimate of drug-likeness (QED) is 0.831. The van der Waals surface area contributed by atoms with Crippen LogP contribution in [0.1, 0.15) is 66.4 Å². The number of rotatable bonds is 1. The fourth-order valence-corrected chi connectivity index (χ4v) is 5.55. The van der Waals surface area contributed by atoms with E-state index in [1.807, 2.05) is 0 Å². The van der Waals surface area contributed by atoms with Gasteiger partial charge in [-0.25, -0.2) is 4.79 Å². The molecule has 0 heterocycles. The Morgan fingerprint density at radius 1 is 1.22 bits per heavy atom. The molecule has 3 aliphatic rings. The highest BCUT2D eigenvalue weighted by Gasteiger charge is 2.54. The molecule has 2 fully saturated rings. The summed E-state index contributed by atoms with van der Waals surface area (Å²) in [7, 11) is 0. The van der Waals surface area contributed by atoms with Crippen LogP contribution in [0.2, 0.25) is 0 Å². The van der Waals surface area contributed by atoms with Crippen molar-refractivity contribution in [2.24, 2.45) is 17.3 Å². The number of aryl methyl sites for hydroxylation is 1. The molecule has 4 rings (SSSR count). The van der Waals surface area contributed by atoms with E-state index in [0.717, 1.165) is 43.2 Å². The zero-order chi connectivity index (χ0) is 16.4. The van der Waals surface area contributed by atoms with Gasteiger partial charge in [-0.2, -0.15) is 0 Å². The predicted molar refractivity (Wildman–Crippen MR) is 84.7 cm³/mol. The van der Waals surface area contributed by atoms with E-state index in [9.17, 15) is 19.8 Å². The van der Waals surface area contributed by atoms with Gasteiger partial charge < -0.3 is 10.2 Å². The van der Waals surface area contributed by atoms with Gasteiger partial charge in [0.15, 0.2) is 0 Å². The van der Waals surface area contributed by atoms with Crippen LogP contribution in [0, 0.1) is 17.3 Å². The zero-order valence-electron chi connectivity index (χ0n) is 13.3. The van der Waals surface area contributed by atoms with Gasteiger partial charge in [0, 0.05) is 11.8 Å². The van der Waals surface area contributed by atoms with Gasteiger partial charge in [-0.3, -0.25) is 4.79 Å². The first-order valence-corrected chi connectivity index (χ1v) is 8.54. The second-order valence-corrected chi connectivity index (χ2v) is 7.71. The summed E-state index contributed by atoms with van der Waals surface area (Å²) in [6.45, 7) is 2.14. The standard InChI is InChI=1S/C19H22O4/c1-19-7-6-11-12(15(19)4-5-17(19)21)3-2-10-8-14(18(22)23)16(20)9-13(10)11/h8-9,11-12,15,20H,2-7H2,1H3,(H,22,23)/t11-,12+,15-,19-/m0/s1. The van der Waals surface area contributed by atoms with Gasteiger partial charge in [-0.05, 0) is 73.1 Å². The summed E-state index contributed by atoms with van der Waals surface area (Å²) in [6.07, 6.45) is 5.44. The van der Waals surface area contributed by atoms with Crippen LogP contribution in [-0.2, 0) is 11.2 Å². The van der Waals surface area contributed by atoms with Crippen molar-refractivity contribution in [1.29, 1.82) is 0 Å². The Labute approximate surface area is 135 Å². The third-order valence-electron chi connectivity index (χ3n) is 6.78. The van der Waals surface area contributed by atoms with E-state index in [0.29, 0.717) is 30.0 Å². The Morgan fingerprint density at radius 3 is 2.74 bits per heavy atom. The monoisotopic (exact) mass is 314 g/mol. The van der Waals surface area contributed by atoms with Crippen molar-refractivity contribution in [2.75, 3.05) is 0 Å². The molecule has 0 unspecified atom stereocenters. The second kappa shape index (κ2) is 4.83. The molecule has 1 aromatic carbocycles. The molecule has 0 radical (unpaired) electrons. The van der Waals surface area contributed by atoms with E-state index in [-0.39, 0.29) is 16.7 Å². The van der Waals surface area contributed by atoms with Crippen molar-refractivity contribution in [3.8, 4) is 5.75 Å². The number of Topliss-reactive ketones (excluding diaryl/α,β-unsaturated/α-hetero) is 1. The molecule has 0 bridgehead atoms. The Balaban J connectivity index is 1.74. The van der Waals surface area contributed by atoms with E-state index < -0.39 is 5.97 Å². The minimum absolute atomic E-state index is 0.00103. The minimum Gasteiger partial charge on any atom is -0.507 e. The molecule has 3 aliphatic carbocycles. The highest BCUT2D eigenvalue weighted by atomic mass is 16.4. The highest BCUT2D eigenvalue weighted by Crippen LogP contribution is 2.59. The number of carbonyl (C=O) groups excluding carboxylic acids is 1. The number of aromatic carboxylic acids is 1. The summed E-state index contributed by atoms with van der Waals surface area (Å²) in [6, 6.07) is 3.33. The van der Waals surface area contributed by atoms with Crippen LogP contribution in [0.3, 0.4) is 0 Å². The van der Waals surface area contributed by atoms with Crippen molar-refractivity contribution in [2.45, 2.75) is 51.4 Å². The van der Waals surface area contributed by atoms with Crippen LogP contribution in [0.5, 0.6) is 5.75 Å². The molecule has 0 amide bonds. The van der Waals surface area contributed by atoms with Crippen LogP contribution >= 0.6 is 0 Å². The first-order valence-electron chi connectivity index (χ1n) is 8.54. The van der Waals surface area contributed by atoms with Gasteiger partial charge in [-0.15, -0.1) is 0 Å². The van der Waals surface area contributed by atoms with Crippen molar-refractivity contribution < 1.29 is 19.8 Å². The fourth-order valence-electron chi connectivity index (χ4n) is 5.55. The lowest BCUT2D eigenvalue weighted by Gasteiger charge is -2.48. The molecular weight excluding hydrogens is 292 g/mol. The first kappa shape index (κ1) is 14.7.